The summed E-state index contributed by atoms with van der Waals surface area (Å²) < 4.78 is 16.1. The second-order valence-electron chi connectivity index (χ2n) is 4.65. The number of hydrogen-bond donors (Lipinski definition) is 0. The van der Waals surface area contributed by atoms with E-state index in [-0.39, 0.29) is 0 Å². The lowest BCUT2D eigenvalue weighted by Crippen LogP contribution is -2.18. The Morgan fingerprint density at radius 2 is 2.14 bits per heavy atom. The van der Waals surface area contributed by atoms with Gasteiger partial charge in [-0.2, -0.15) is 0 Å². The van der Waals surface area contributed by atoms with Crippen LogP contribution in [0.4, 0.5) is 0 Å². The van der Waals surface area contributed by atoms with Crippen LogP contribution < -0.4 is 14.6 Å². The van der Waals surface area contributed by atoms with Crippen molar-refractivity contribution in [3.05, 3.63) is 46.9 Å². The summed E-state index contributed by atoms with van der Waals surface area (Å²) in [5, 5.41) is 14.3. The highest BCUT2D eigenvalue weighted by Crippen LogP contribution is 2.29. The van der Waals surface area contributed by atoms with Crippen molar-refractivity contribution in [2.24, 2.45) is 0 Å². The number of hydrogen-bond acceptors (Lipinski definition) is 6. The minimum atomic E-state index is -1.25. The summed E-state index contributed by atoms with van der Waals surface area (Å²) in [4.78, 5) is 10.4. The number of aliphatic carboxylic acids is 1. The smallest absolute Gasteiger partial charge is 0.161 e. The zero-order valence-corrected chi connectivity index (χ0v) is 12.6. The molecule has 0 saturated heterocycles. The van der Waals surface area contributed by atoms with Gasteiger partial charge in [-0.1, -0.05) is 17.3 Å². The second-order valence-corrected chi connectivity index (χ2v) is 4.65. The van der Waals surface area contributed by atoms with Crippen LogP contribution in [0.1, 0.15) is 22.6 Å². The fraction of sp³-hybridized carbons (Fsp3) is 0.250. The Balaban J connectivity index is 2.16. The van der Waals surface area contributed by atoms with E-state index in [0.717, 1.165) is 17.3 Å². The lowest BCUT2D eigenvalue weighted by molar-refractivity contribution is -0.297. The van der Waals surface area contributed by atoms with Gasteiger partial charge in [0.15, 0.2) is 11.5 Å². The van der Waals surface area contributed by atoms with Gasteiger partial charge >= 0.3 is 0 Å². The Kier molecular flexibility index (Phi) is 4.83. The number of nitrogens with zero attached hydrogens (tertiary/aromatic N) is 1. The third-order valence-electron chi connectivity index (χ3n) is 3.15. The van der Waals surface area contributed by atoms with Gasteiger partial charge in [0.1, 0.15) is 12.4 Å². The Hall–Kier alpha value is -2.76. The van der Waals surface area contributed by atoms with Crippen molar-refractivity contribution in [3.63, 3.8) is 0 Å². The average molecular weight is 302 g/mol. The van der Waals surface area contributed by atoms with Gasteiger partial charge in [0.25, 0.3) is 0 Å². The number of carbonyl (C=O) groups is 1. The van der Waals surface area contributed by atoms with Crippen molar-refractivity contribution in [2.45, 2.75) is 20.5 Å². The van der Waals surface area contributed by atoms with E-state index >= 15 is 0 Å². The Morgan fingerprint density at radius 1 is 1.36 bits per heavy atom. The molecule has 0 aliphatic carbocycles. The third-order valence-corrected chi connectivity index (χ3v) is 3.15. The predicted octanol–water partition coefficient (Wildman–Crippen LogP) is 1.64. The van der Waals surface area contributed by atoms with Crippen LogP contribution in [-0.2, 0) is 11.4 Å². The summed E-state index contributed by atoms with van der Waals surface area (Å²) >= 11 is 0. The molecular weight excluding hydrogens is 286 g/mol. The van der Waals surface area contributed by atoms with Gasteiger partial charge in [-0.25, -0.2) is 0 Å². The maximum atomic E-state index is 10.4. The molecule has 0 N–H and O–H groups in total. The Labute approximate surface area is 128 Å². The molecule has 0 spiro atoms. The fourth-order valence-electron chi connectivity index (χ4n) is 1.93. The molecule has 0 radical (unpaired) electrons. The molecule has 0 unspecified atom stereocenters. The van der Waals surface area contributed by atoms with Crippen LogP contribution in [0.25, 0.3) is 6.08 Å². The molecule has 2 aromatic rings. The molecule has 0 aliphatic rings. The number of carboxylic acids is 1. The van der Waals surface area contributed by atoms with E-state index < -0.39 is 5.97 Å². The Morgan fingerprint density at radius 3 is 2.73 bits per heavy atom. The monoisotopic (exact) mass is 302 g/mol. The number of carbonyl (C=O) groups excluding carboxylic acids is 1. The van der Waals surface area contributed by atoms with E-state index in [1.165, 1.54) is 13.2 Å². The summed E-state index contributed by atoms with van der Waals surface area (Å²) in [5.74, 6) is 0.517. The first-order valence-electron chi connectivity index (χ1n) is 6.63. The van der Waals surface area contributed by atoms with Crippen molar-refractivity contribution in [1.29, 1.82) is 0 Å². The van der Waals surface area contributed by atoms with Gasteiger partial charge < -0.3 is 23.9 Å². The summed E-state index contributed by atoms with van der Waals surface area (Å²) in [6, 6.07) is 5.12. The zero-order chi connectivity index (χ0) is 16.1. The van der Waals surface area contributed by atoms with E-state index in [2.05, 4.69) is 5.16 Å². The van der Waals surface area contributed by atoms with Crippen LogP contribution >= 0.6 is 0 Å². The number of rotatable bonds is 6. The number of carboxylic acid groups (broad SMARTS) is 1. The first-order chi connectivity index (χ1) is 10.5. The predicted molar refractivity (Wildman–Crippen MR) is 77.3 cm³/mol. The van der Waals surface area contributed by atoms with E-state index in [1.54, 1.807) is 18.2 Å². The van der Waals surface area contributed by atoms with Crippen molar-refractivity contribution in [3.8, 4) is 11.5 Å². The molecule has 0 fully saturated rings. The van der Waals surface area contributed by atoms with Crippen LogP contribution in [0.3, 0.4) is 0 Å². The Bertz CT molecular complexity index is 683. The van der Waals surface area contributed by atoms with Crippen molar-refractivity contribution in [1.82, 2.24) is 5.16 Å². The molecule has 0 amide bonds. The molecule has 0 saturated carbocycles. The molecule has 1 aromatic heterocycles. The number of ether oxygens (including phenoxy) is 2. The molecular formula is C16H16NO5-. The molecule has 1 aromatic carbocycles. The summed E-state index contributed by atoms with van der Waals surface area (Å²) in [7, 11) is 1.52. The van der Waals surface area contributed by atoms with Gasteiger partial charge in [-0.3, -0.25) is 0 Å². The minimum Gasteiger partial charge on any atom is -0.545 e. The molecule has 116 valence electrons. The molecule has 0 aliphatic heterocycles. The van der Waals surface area contributed by atoms with E-state index in [4.69, 9.17) is 14.0 Å². The zero-order valence-electron chi connectivity index (χ0n) is 12.6. The van der Waals surface area contributed by atoms with Crippen molar-refractivity contribution >= 4 is 12.0 Å². The quantitative estimate of drug-likeness (QED) is 0.754. The summed E-state index contributed by atoms with van der Waals surface area (Å²) in [6.45, 7) is 3.98. The number of benzene rings is 1. The van der Waals surface area contributed by atoms with Crippen molar-refractivity contribution < 1.29 is 23.9 Å². The van der Waals surface area contributed by atoms with Gasteiger partial charge in [0.05, 0.1) is 24.3 Å². The molecule has 0 bridgehead atoms. The molecule has 6 heteroatoms. The van der Waals surface area contributed by atoms with Crippen LogP contribution in [0.5, 0.6) is 11.5 Å². The van der Waals surface area contributed by atoms with E-state index in [0.29, 0.717) is 29.4 Å². The average Bonchev–Trinajstić information content (AvgIpc) is 2.82. The highest BCUT2D eigenvalue weighted by atomic mass is 16.5. The molecule has 0 atom stereocenters. The summed E-state index contributed by atoms with van der Waals surface area (Å²) in [6.07, 6.45) is 2.38. The maximum Gasteiger partial charge on any atom is 0.161 e. The van der Waals surface area contributed by atoms with Crippen LogP contribution in [0.2, 0.25) is 0 Å². The highest BCUT2D eigenvalue weighted by Gasteiger charge is 2.11. The van der Waals surface area contributed by atoms with Gasteiger partial charge in [0, 0.05) is 0 Å². The molecule has 1 heterocycles. The highest BCUT2D eigenvalue weighted by molar-refractivity contribution is 5.83. The first kappa shape index (κ1) is 15.6. The van der Waals surface area contributed by atoms with Gasteiger partial charge in [-0.15, -0.1) is 0 Å². The van der Waals surface area contributed by atoms with E-state index in [1.807, 2.05) is 13.8 Å². The fourth-order valence-corrected chi connectivity index (χ4v) is 1.93. The molecule has 22 heavy (non-hydrogen) atoms. The van der Waals surface area contributed by atoms with Crippen molar-refractivity contribution in [2.75, 3.05) is 7.11 Å². The van der Waals surface area contributed by atoms with E-state index in [9.17, 15) is 9.90 Å². The lowest BCUT2D eigenvalue weighted by atomic mass is 10.2. The second kappa shape index (κ2) is 6.80. The van der Waals surface area contributed by atoms with Gasteiger partial charge in [-0.05, 0) is 37.6 Å². The number of aromatic nitrogens is 1. The van der Waals surface area contributed by atoms with Crippen LogP contribution in [0, 0.1) is 13.8 Å². The maximum absolute atomic E-state index is 10.4. The number of aryl methyl sites for hydroxylation is 2. The normalized spacial score (nSPS) is 10.9. The SMILES string of the molecule is COc1cc(/C=C/C(=O)[O-])ccc1OCc1c(C)noc1C. The number of methoxy groups -OCH3 is 1. The minimum absolute atomic E-state index is 0.311. The first-order valence-corrected chi connectivity index (χ1v) is 6.63. The third kappa shape index (κ3) is 3.66. The molecule has 6 nitrogen and oxygen atoms in total. The topological polar surface area (TPSA) is 84.6 Å². The molecule has 2 rings (SSSR count). The lowest BCUT2D eigenvalue weighted by Gasteiger charge is -2.11. The standard InChI is InChI=1S/C16H17NO5/c1-10-13(11(2)22-17-10)9-21-14-6-4-12(5-7-16(18)19)8-15(14)20-3/h4-8H,9H2,1-3H3,(H,18,19)/p-1/b7-5+. The van der Waals surface area contributed by atoms with Crippen LogP contribution in [0.15, 0.2) is 28.8 Å². The van der Waals surface area contributed by atoms with Gasteiger partial charge in [0.2, 0.25) is 0 Å². The largest absolute Gasteiger partial charge is 0.545 e. The van der Waals surface area contributed by atoms with Crippen LogP contribution in [-0.4, -0.2) is 18.2 Å². The summed E-state index contributed by atoms with van der Waals surface area (Å²) in [5.41, 5.74) is 2.35.